The van der Waals surface area contributed by atoms with Gasteiger partial charge in [0.25, 0.3) is 5.56 Å². The Morgan fingerprint density at radius 1 is 0.892 bits per heavy atom. The molecule has 3 heterocycles. The Morgan fingerprint density at radius 3 is 2.08 bits per heavy atom. The Hall–Kier alpha value is -3.67. The zero-order valence-corrected chi connectivity index (χ0v) is 19.7. The minimum absolute atomic E-state index is 0.0238. The van der Waals surface area contributed by atoms with E-state index < -0.39 is 56.1 Å². The maximum Gasteiger partial charge on any atom is 0.416 e. The van der Waals surface area contributed by atoms with Gasteiger partial charge in [0, 0.05) is 22.1 Å². The molecule has 2 aromatic carbocycles. The van der Waals surface area contributed by atoms with Gasteiger partial charge in [0.15, 0.2) is 5.75 Å². The van der Waals surface area contributed by atoms with Gasteiger partial charge in [-0.05, 0) is 42.0 Å². The number of fused-ring (bicyclic) bond motifs is 4. The third kappa shape index (κ3) is 3.90. The second kappa shape index (κ2) is 7.91. The van der Waals surface area contributed by atoms with Gasteiger partial charge in [0.1, 0.15) is 15.9 Å². The number of benzene rings is 2. The first-order valence-electron chi connectivity index (χ1n) is 10.6. The van der Waals surface area contributed by atoms with E-state index in [1.54, 1.807) is 13.8 Å². The molecule has 5 nitrogen and oxygen atoms in total. The topological polar surface area (TPSA) is 72.4 Å². The molecular weight excluding hydrogens is 524 g/mol. The molecule has 4 aromatic rings. The van der Waals surface area contributed by atoms with Crippen molar-refractivity contribution in [3.8, 4) is 11.4 Å². The van der Waals surface area contributed by atoms with Crippen molar-refractivity contribution in [3.63, 3.8) is 0 Å². The third-order valence-corrected chi connectivity index (χ3v) is 7.37. The number of nitrogens with zero attached hydrogens (tertiary/aromatic N) is 1. The number of alkyl halides is 6. The Labute approximate surface area is 208 Å². The van der Waals surface area contributed by atoms with Crippen LogP contribution in [0.25, 0.3) is 16.7 Å². The van der Waals surface area contributed by atoms with E-state index in [-0.39, 0.29) is 21.9 Å². The summed E-state index contributed by atoms with van der Waals surface area (Å²) in [5, 5.41) is 10.4. The predicted molar refractivity (Wildman–Crippen MR) is 122 cm³/mol. The van der Waals surface area contributed by atoms with Crippen molar-refractivity contribution in [1.29, 1.82) is 0 Å². The number of halogens is 6. The highest BCUT2D eigenvalue weighted by Gasteiger charge is 2.40. The summed E-state index contributed by atoms with van der Waals surface area (Å²) >= 11 is 0.588. The van der Waals surface area contributed by atoms with Gasteiger partial charge in [0.2, 0.25) is 0 Å². The summed E-state index contributed by atoms with van der Waals surface area (Å²) < 4.78 is 85.0. The minimum atomic E-state index is -4.66. The Kier molecular flexibility index (Phi) is 5.35. The van der Waals surface area contributed by atoms with Crippen LogP contribution in [0, 0.1) is 0 Å². The van der Waals surface area contributed by atoms with E-state index in [4.69, 9.17) is 4.42 Å². The highest BCUT2D eigenvalue weighted by atomic mass is 32.2. The average molecular weight is 539 g/mol. The van der Waals surface area contributed by atoms with Gasteiger partial charge in [0.05, 0.1) is 16.8 Å². The lowest BCUT2D eigenvalue weighted by Crippen LogP contribution is -2.24. The molecule has 0 fully saturated rings. The van der Waals surface area contributed by atoms with Gasteiger partial charge in [-0.25, -0.2) is 4.79 Å². The van der Waals surface area contributed by atoms with E-state index in [2.05, 4.69) is 0 Å². The van der Waals surface area contributed by atoms with E-state index in [0.717, 1.165) is 41.0 Å². The van der Waals surface area contributed by atoms with Crippen LogP contribution in [-0.4, -0.2) is 9.67 Å². The van der Waals surface area contributed by atoms with Gasteiger partial charge < -0.3 is 9.52 Å². The molecule has 0 radical (unpaired) electrons. The fourth-order valence-corrected chi connectivity index (χ4v) is 5.25. The van der Waals surface area contributed by atoms with Crippen LogP contribution in [0.4, 0.5) is 26.3 Å². The van der Waals surface area contributed by atoms with Crippen molar-refractivity contribution < 1.29 is 35.9 Å². The van der Waals surface area contributed by atoms with Gasteiger partial charge in [-0.15, -0.1) is 0 Å². The van der Waals surface area contributed by atoms with Crippen molar-refractivity contribution >= 4 is 22.7 Å². The maximum absolute atomic E-state index is 13.5. The molecule has 192 valence electrons. The molecule has 0 spiro atoms. The van der Waals surface area contributed by atoms with E-state index in [1.807, 2.05) is 0 Å². The Morgan fingerprint density at radius 2 is 1.49 bits per heavy atom. The summed E-state index contributed by atoms with van der Waals surface area (Å²) in [6.07, 6.45) is -9.23. The lowest BCUT2D eigenvalue weighted by Gasteiger charge is -2.20. The van der Waals surface area contributed by atoms with Crippen LogP contribution in [-0.2, 0) is 17.8 Å². The normalized spacial score (nSPS) is 14.6. The molecule has 1 aliphatic rings. The van der Waals surface area contributed by atoms with Crippen molar-refractivity contribution in [1.82, 2.24) is 4.57 Å². The van der Waals surface area contributed by atoms with E-state index >= 15 is 0 Å². The van der Waals surface area contributed by atoms with Crippen molar-refractivity contribution in [2.24, 2.45) is 0 Å². The number of hydrogen-bond acceptors (Lipinski definition) is 5. The van der Waals surface area contributed by atoms with Crippen LogP contribution >= 0.6 is 11.8 Å². The van der Waals surface area contributed by atoms with Crippen LogP contribution in [0.2, 0.25) is 0 Å². The summed E-state index contributed by atoms with van der Waals surface area (Å²) in [5.74, 6) is -0.783. The third-order valence-electron chi connectivity index (χ3n) is 6.29. The summed E-state index contributed by atoms with van der Waals surface area (Å²) in [4.78, 5) is 25.9. The van der Waals surface area contributed by atoms with Gasteiger partial charge in [-0.1, -0.05) is 31.7 Å². The van der Waals surface area contributed by atoms with Crippen LogP contribution in [0.3, 0.4) is 0 Å². The number of rotatable bonds is 2. The first kappa shape index (κ1) is 25.0. The molecule has 12 heteroatoms. The fraction of sp³-hybridized carbons (Fsp3) is 0.200. The highest BCUT2D eigenvalue weighted by Crippen LogP contribution is 2.45. The zero-order chi connectivity index (χ0) is 27.1. The van der Waals surface area contributed by atoms with Crippen molar-refractivity contribution in [3.05, 3.63) is 91.7 Å². The molecule has 1 aliphatic heterocycles. The largest absolute Gasteiger partial charge is 0.505 e. The molecule has 0 saturated heterocycles. The number of aromatic nitrogens is 1. The number of pyridine rings is 1. The molecular formula is C25H15F6NO4S. The van der Waals surface area contributed by atoms with Crippen LogP contribution < -0.4 is 11.2 Å². The van der Waals surface area contributed by atoms with Crippen LogP contribution in [0.15, 0.2) is 72.3 Å². The first-order valence-corrected chi connectivity index (χ1v) is 11.5. The van der Waals surface area contributed by atoms with E-state index in [1.165, 1.54) is 12.1 Å². The molecule has 2 aromatic heterocycles. The quantitative estimate of drug-likeness (QED) is 0.296. The lowest BCUT2D eigenvalue weighted by atomic mass is 9.83. The summed E-state index contributed by atoms with van der Waals surface area (Å²) in [5.41, 5.74) is -4.38. The number of hydrogen-bond donors (Lipinski definition) is 1. The molecule has 0 bridgehead atoms. The molecule has 5 rings (SSSR count). The SMILES string of the molecule is CC1(C)c2ccc(C(F)(F)F)cc2-n2c1cc1oc(=O)c(Sc3ccc(C(F)(F)F)cc3)c(O)c1c2=O. The summed E-state index contributed by atoms with van der Waals surface area (Å²) in [7, 11) is 0. The summed E-state index contributed by atoms with van der Waals surface area (Å²) in [6.45, 7) is 3.38. The van der Waals surface area contributed by atoms with Crippen molar-refractivity contribution in [2.75, 3.05) is 0 Å². The molecule has 1 N–H and O–H groups in total. The van der Waals surface area contributed by atoms with Crippen LogP contribution in [0.1, 0.15) is 36.2 Å². The molecule has 0 atom stereocenters. The second-order valence-corrected chi connectivity index (χ2v) is 10.0. The highest BCUT2D eigenvalue weighted by molar-refractivity contribution is 7.99. The van der Waals surface area contributed by atoms with Gasteiger partial charge >= 0.3 is 18.0 Å². The second-order valence-electron chi connectivity index (χ2n) is 8.96. The molecule has 37 heavy (non-hydrogen) atoms. The Balaban J connectivity index is 1.70. The molecule has 0 unspecified atom stereocenters. The molecule has 0 amide bonds. The first-order chi connectivity index (χ1) is 17.1. The summed E-state index contributed by atoms with van der Waals surface area (Å²) in [6, 6.07) is 8.10. The van der Waals surface area contributed by atoms with E-state index in [0.29, 0.717) is 17.3 Å². The average Bonchev–Trinajstić information content (AvgIpc) is 3.02. The Bertz CT molecular complexity index is 1700. The fourth-order valence-electron chi connectivity index (χ4n) is 4.42. The smallest absolute Gasteiger partial charge is 0.416 e. The predicted octanol–water partition coefficient (Wildman–Crippen LogP) is 6.48. The maximum atomic E-state index is 13.5. The van der Waals surface area contributed by atoms with Gasteiger partial charge in [-0.2, -0.15) is 26.3 Å². The molecule has 0 saturated carbocycles. The number of aromatic hydroxyl groups is 1. The van der Waals surface area contributed by atoms with Crippen LogP contribution in [0.5, 0.6) is 5.75 Å². The monoisotopic (exact) mass is 539 g/mol. The minimum Gasteiger partial charge on any atom is -0.505 e. The van der Waals surface area contributed by atoms with E-state index in [9.17, 15) is 41.0 Å². The lowest BCUT2D eigenvalue weighted by molar-refractivity contribution is -0.138. The zero-order valence-electron chi connectivity index (χ0n) is 18.9. The van der Waals surface area contributed by atoms with Crippen molar-refractivity contribution in [2.45, 2.75) is 41.4 Å². The standard InChI is InChI=1S/C25H15F6NO4S/c1-23(2)14-8-5-12(25(29,30)31)9-15(14)32-17(23)10-16-18(21(32)34)19(33)20(22(35)36-16)37-13-6-3-11(4-7-13)24(26,27)28/h3-10,33H,1-2H3. The molecule has 0 aliphatic carbocycles. The van der Waals surface area contributed by atoms with Gasteiger partial charge in [-0.3, -0.25) is 9.36 Å².